The van der Waals surface area contributed by atoms with Crippen molar-refractivity contribution < 1.29 is 14.3 Å². The molecule has 0 aliphatic carbocycles. The average Bonchev–Trinajstić information content (AvgIpc) is 2.62. The Hall–Kier alpha value is -0.650. The van der Waals surface area contributed by atoms with Gasteiger partial charge in [-0.05, 0) is 6.42 Å². The minimum Gasteiger partial charge on any atom is -0.376 e. The van der Waals surface area contributed by atoms with Gasteiger partial charge in [0.2, 0.25) is 5.91 Å². The number of nitrogens with zero attached hydrogens (tertiary/aromatic N) is 1. The van der Waals surface area contributed by atoms with E-state index in [1.54, 1.807) is 0 Å². The van der Waals surface area contributed by atoms with Crippen LogP contribution in [-0.4, -0.2) is 61.9 Å². The number of hydrogen-bond acceptors (Lipinski definition) is 4. The molecule has 0 aromatic carbocycles. The summed E-state index contributed by atoms with van der Waals surface area (Å²) in [6, 6.07) is 0.331. The third kappa shape index (κ3) is 3.40. The van der Waals surface area contributed by atoms with Crippen molar-refractivity contribution in [3.63, 3.8) is 0 Å². The fourth-order valence-electron chi connectivity index (χ4n) is 2.37. The summed E-state index contributed by atoms with van der Waals surface area (Å²) in [5.74, 6) is 0.202. The van der Waals surface area contributed by atoms with E-state index in [1.165, 1.54) is 0 Å². The van der Waals surface area contributed by atoms with Crippen molar-refractivity contribution in [2.45, 2.75) is 38.5 Å². The number of ether oxygens (including phenoxy) is 2. The number of amides is 1. The molecule has 5 nitrogen and oxygen atoms in total. The lowest BCUT2D eigenvalue weighted by molar-refractivity contribution is -0.135. The van der Waals surface area contributed by atoms with Crippen molar-refractivity contribution >= 4 is 5.91 Å². The molecule has 2 heterocycles. The van der Waals surface area contributed by atoms with Gasteiger partial charge in [-0.1, -0.05) is 13.8 Å². The number of likely N-dealkylation sites (tertiary alicyclic amines) is 1. The van der Waals surface area contributed by atoms with Crippen molar-refractivity contribution in [3.8, 4) is 0 Å². The van der Waals surface area contributed by atoms with E-state index < -0.39 is 0 Å². The zero-order valence-corrected chi connectivity index (χ0v) is 10.6. The van der Waals surface area contributed by atoms with Crippen molar-refractivity contribution in [1.82, 2.24) is 10.2 Å². The summed E-state index contributed by atoms with van der Waals surface area (Å²) in [6.07, 6.45) is 0.940. The van der Waals surface area contributed by atoms with E-state index in [-0.39, 0.29) is 18.1 Å². The maximum Gasteiger partial charge on any atom is 0.239 e. The summed E-state index contributed by atoms with van der Waals surface area (Å²) in [5, 5.41) is 3.30. The molecule has 2 rings (SSSR count). The maximum absolute atomic E-state index is 12.1. The van der Waals surface area contributed by atoms with Gasteiger partial charge < -0.3 is 19.7 Å². The minimum atomic E-state index is -0.0143. The molecule has 0 bridgehead atoms. The molecule has 98 valence electrons. The molecule has 5 heteroatoms. The van der Waals surface area contributed by atoms with Gasteiger partial charge in [-0.15, -0.1) is 0 Å². The Bertz CT molecular complexity index is 264. The summed E-state index contributed by atoms with van der Waals surface area (Å²) in [5.41, 5.74) is 0. The Kier molecular flexibility index (Phi) is 4.36. The third-order valence-electron chi connectivity index (χ3n) is 3.14. The molecule has 2 unspecified atom stereocenters. The molecule has 2 fully saturated rings. The highest BCUT2D eigenvalue weighted by molar-refractivity contribution is 5.84. The summed E-state index contributed by atoms with van der Waals surface area (Å²) < 4.78 is 10.9. The van der Waals surface area contributed by atoms with E-state index in [0.717, 1.165) is 13.0 Å². The van der Waals surface area contributed by atoms with Crippen LogP contribution >= 0.6 is 0 Å². The number of nitrogens with one attached hydrogen (secondary N) is 1. The Morgan fingerprint density at radius 3 is 2.94 bits per heavy atom. The second-order valence-electron chi connectivity index (χ2n) is 5.01. The molecule has 1 amide bonds. The van der Waals surface area contributed by atoms with Crippen LogP contribution < -0.4 is 5.32 Å². The van der Waals surface area contributed by atoms with Gasteiger partial charge in [0, 0.05) is 19.1 Å². The summed E-state index contributed by atoms with van der Waals surface area (Å²) >= 11 is 0. The van der Waals surface area contributed by atoms with Crippen LogP contribution in [0.25, 0.3) is 0 Å². The van der Waals surface area contributed by atoms with Crippen LogP contribution in [0.15, 0.2) is 0 Å². The first-order chi connectivity index (χ1) is 8.16. The lowest BCUT2D eigenvalue weighted by atomic mass is 10.2. The fraction of sp³-hybridized carbons (Fsp3) is 0.917. The molecule has 17 heavy (non-hydrogen) atoms. The third-order valence-corrected chi connectivity index (χ3v) is 3.14. The Morgan fingerprint density at radius 2 is 2.29 bits per heavy atom. The topological polar surface area (TPSA) is 50.8 Å². The maximum atomic E-state index is 12.1. The van der Waals surface area contributed by atoms with Crippen LogP contribution in [0.5, 0.6) is 0 Å². The second kappa shape index (κ2) is 5.80. The van der Waals surface area contributed by atoms with Crippen LogP contribution in [0, 0.1) is 0 Å². The SMILES string of the molecule is CC(C)NC1CCN(CC2COCCO2)C1=O. The molecule has 2 aliphatic rings. The highest BCUT2D eigenvalue weighted by Gasteiger charge is 2.33. The van der Waals surface area contributed by atoms with Crippen LogP contribution in [-0.2, 0) is 14.3 Å². The molecular weight excluding hydrogens is 220 g/mol. The van der Waals surface area contributed by atoms with Gasteiger partial charge in [0.05, 0.1) is 32.0 Å². The van der Waals surface area contributed by atoms with Gasteiger partial charge in [-0.2, -0.15) is 0 Å². The van der Waals surface area contributed by atoms with E-state index in [1.807, 2.05) is 4.90 Å². The van der Waals surface area contributed by atoms with Gasteiger partial charge >= 0.3 is 0 Å². The minimum absolute atomic E-state index is 0.0143. The van der Waals surface area contributed by atoms with Crippen molar-refractivity contribution in [2.75, 3.05) is 32.9 Å². The Morgan fingerprint density at radius 1 is 1.47 bits per heavy atom. The van der Waals surface area contributed by atoms with Gasteiger partial charge in [0.25, 0.3) is 0 Å². The van der Waals surface area contributed by atoms with Crippen molar-refractivity contribution in [2.24, 2.45) is 0 Å². The highest BCUT2D eigenvalue weighted by atomic mass is 16.6. The normalized spacial score (nSPS) is 30.3. The predicted octanol–water partition coefficient (Wildman–Crippen LogP) is 0.000700. The molecule has 1 N–H and O–H groups in total. The lowest BCUT2D eigenvalue weighted by Gasteiger charge is -2.27. The molecular formula is C12H22N2O3. The van der Waals surface area contributed by atoms with Crippen LogP contribution in [0.3, 0.4) is 0 Å². The smallest absolute Gasteiger partial charge is 0.239 e. The first-order valence-corrected chi connectivity index (χ1v) is 6.41. The van der Waals surface area contributed by atoms with Crippen LogP contribution in [0.2, 0.25) is 0 Å². The molecule has 0 radical (unpaired) electrons. The number of hydrogen-bond donors (Lipinski definition) is 1. The van der Waals surface area contributed by atoms with E-state index >= 15 is 0 Å². The predicted molar refractivity (Wildman–Crippen MR) is 63.8 cm³/mol. The standard InChI is InChI=1S/C12H22N2O3/c1-9(2)13-11-3-4-14(12(11)15)7-10-8-16-5-6-17-10/h9-11,13H,3-8H2,1-2H3. The van der Waals surface area contributed by atoms with Gasteiger partial charge in [0.1, 0.15) is 0 Å². The fourth-order valence-corrected chi connectivity index (χ4v) is 2.37. The largest absolute Gasteiger partial charge is 0.376 e. The first kappa shape index (κ1) is 12.8. The lowest BCUT2D eigenvalue weighted by Crippen LogP contribution is -2.45. The van der Waals surface area contributed by atoms with Crippen molar-refractivity contribution in [3.05, 3.63) is 0 Å². The van der Waals surface area contributed by atoms with E-state index in [9.17, 15) is 4.79 Å². The Balaban J connectivity index is 1.80. The number of carbonyl (C=O) groups is 1. The monoisotopic (exact) mass is 242 g/mol. The van der Waals surface area contributed by atoms with E-state index in [4.69, 9.17) is 9.47 Å². The molecule has 0 aromatic heterocycles. The average molecular weight is 242 g/mol. The van der Waals surface area contributed by atoms with Crippen LogP contribution in [0.4, 0.5) is 0 Å². The van der Waals surface area contributed by atoms with Crippen molar-refractivity contribution in [1.29, 1.82) is 0 Å². The molecule has 0 saturated carbocycles. The summed E-state index contributed by atoms with van der Waals surface area (Å²) in [7, 11) is 0. The summed E-state index contributed by atoms with van der Waals surface area (Å²) in [4.78, 5) is 14.0. The molecule has 0 spiro atoms. The molecule has 2 saturated heterocycles. The summed E-state index contributed by atoms with van der Waals surface area (Å²) in [6.45, 7) is 7.52. The number of rotatable bonds is 4. The second-order valence-corrected chi connectivity index (χ2v) is 5.01. The first-order valence-electron chi connectivity index (χ1n) is 6.41. The van der Waals surface area contributed by atoms with Gasteiger partial charge in [0.15, 0.2) is 0 Å². The molecule has 2 aliphatic heterocycles. The van der Waals surface area contributed by atoms with E-state index in [0.29, 0.717) is 32.4 Å². The molecule has 2 atom stereocenters. The molecule has 0 aromatic rings. The van der Waals surface area contributed by atoms with E-state index in [2.05, 4.69) is 19.2 Å². The number of carbonyl (C=O) groups excluding carboxylic acids is 1. The Labute approximate surface area is 102 Å². The quantitative estimate of drug-likeness (QED) is 0.754. The highest BCUT2D eigenvalue weighted by Crippen LogP contribution is 2.14. The zero-order valence-electron chi connectivity index (χ0n) is 10.6. The van der Waals surface area contributed by atoms with Gasteiger partial charge in [-0.25, -0.2) is 0 Å². The van der Waals surface area contributed by atoms with Gasteiger partial charge in [-0.3, -0.25) is 4.79 Å². The van der Waals surface area contributed by atoms with Crippen LogP contribution in [0.1, 0.15) is 20.3 Å². The zero-order chi connectivity index (χ0) is 12.3.